The number of imidazole rings is 2. The Labute approximate surface area is 317 Å². The van der Waals surface area contributed by atoms with Gasteiger partial charge in [0.25, 0.3) is 0 Å². The molecule has 0 spiro atoms. The van der Waals surface area contributed by atoms with Crippen molar-refractivity contribution in [2.45, 2.75) is 32.3 Å². The van der Waals surface area contributed by atoms with E-state index in [4.69, 9.17) is 0 Å². The number of carbonyl (C=O) groups excluding carboxylic acids is 1. The van der Waals surface area contributed by atoms with Gasteiger partial charge < -0.3 is 5.11 Å². The first-order chi connectivity index (χ1) is 26.7. The summed E-state index contributed by atoms with van der Waals surface area (Å²) in [6.45, 7) is 3.05. The minimum Gasteiger partial charge on any atom is -0.389 e. The Kier molecular flexibility index (Phi) is 10.1. The third-order valence-corrected chi connectivity index (χ3v) is 9.27. The molecule has 0 saturated carbocycles. The molecule has 0 saturated heterocycles. The number of aliphatic hydroxyl groups is 1. The normalized spacial score (nSPS) is 12.4. The highest BCUT2D eigenvalue weighted by Gasteiger charge is 2.33. The highest BCUT2D eigenvalue weighted by molar-refractivity contribution is 5.99. The molecule has 8 rings (SSSR count). The topological polar surface area (TPSA) is 72.9 Å². The number of nitrogens with zero attached hydrogens (tertiary/aromatic N) is 4. The Morgan fingerprint density at radius 2 is 1.04 bits per heavy atom. The van der Waals surface area contributed by atoms with Crippen LogP contribution in [0.5, 0.6) is 0 Å². The van der Waals surface area contributed by atoms with Crippen molar-refractivity contribution in [1.82, 2.24) is 19.1 Å². The van der Waals surface area contributed by atoms with Crippen LogP contribution in [0, 0.1) is 0 Å². The van der Waals surface area contributed by atoms with Gasteiger partial charge in [0, 0.05) is 28.1 Å². The molecule has 0 aliphatic rings. The fraction of sp³-hybridized carbons (Fsp3) is 0.114. The lowest BCUT2D eigenvalue weighted by Gasteiger charge is -2.14. The zero-order valence-electron chi connectivity index (χ0n) is 29.8. The van der Waals surface area contributed by atoms with E-state index in [1.807, 2.05) is 60.7 Å². The van der Waals surface area contributed by atoms with Crippen molar-refractivity contribution in [2.75, 3.05) is 0 Å². The molecule has 0 radical (unpaired) electrons. The predicted molar refractivity (Wildman–Crippen MR) is 204 cm³/mol. The first kappa shape index (κ1) is 37.8. The van der Waals surface area contributed by atoms with Gasteiger partial charge in [0.15, 0.2) is 5.78 Å². The third kappa shape index (κ3) is 7.69. The van der Waals surface area contributed by atoms with Gasteiger partial charge in [-0.1, -0.05) is 72.8 Å². The zero-order valence-corrected chi connectivity index (χ0v) is 29.8. The number of rotatable bonds is 6. The number of fused-ring (bicyclic) bond motifs is 2. The van der Waals surface area contributed by atoms with Crippen LogP contribution in [0.25, 0.3) is 55.7 Å². The molecule has 56 heavy (non-hydrogen) atoms. The second-order valence-electron chi connectivity index (χ2n) is 13.1. The van der Waals surface area contributed by atoms with E-state index in [0.717, 1.165) is 35.6 Å². The van der Waals surface area contributed by atoms with Crippen LogP contribution in [0.4, 0.5) is 26.3 Å². The van der Waals surface area contributed by atoms with Crippen LogP contribution in [0.1, 0.15) is 47.0 Å². The van der Waals surface area contributed by atoms with Crippen LogP contribution in [0.2, 0.25) is 0 Å². The standard InChI is InChI=1S/C22H17F3N2O.C22H15F3N2O/c2*1-14(28)15-6-5-7-16(10-15)19-11-17(22(23,24)25)12-20-21(19)27(13-26-20)18-8-3-2-4-9-18/h2-14,28H,1H3;2-13H,1H3. The summed E-state index contributed by atoms with van der Waals surface area (Å²) < 4.78 is 84.3. The summed E-state index contributed by atoms with van der Waals surface area (Å²) in [5.74, 6) is -0.151. The van der Waals surface area contributed by atoms with Gasteiger partial charge in [0.05, 0.1) is 39.3 Å². The van der Waals surface area contributed by atoms with E-state index in [2.05, 4.69) is 9.97 Å². The molecule has 2 heterocycles. The highest BCUT2D eigenvalue weighted by atomic mass is 19.4. The van der Waals surface area contributed by atoms with Crippen LogP contribution in [0.15, 0.2) is 146 Å². The van der Waals surface area contributed by atoms with Crippen LogP contribution < -0.4 is 0 Å². The number of aliphatic hydroxyl groups excluding tert-OH is 1. The van der Waals surface area contributed by atoms with Gasteiger partial charge in [0.2, 0.25) is 0 Å². The minimum absolute atomic E-state index is 0.151. The van der Waals surface area contributed by atoms with Gasteiger partial charge in [-0.3, -0.25) is 13.9 Å². The summed E-state index contributed by atoms with van der Waals surface area (Å²) >= 11 is 0. The van der Waals surface area contributed by atoms with Crippen LogP contribution in [0.3, 0.4) is 0 Å². The summed E-state index contributed by atoms with van der Waals surface area (Å²) in [4.78, 5) is 20.2. The lowest BCUT2D eigenvalue weighted by atomic mass is 9.97. The van der Waals surface area contributed by atoms with Crippen molar-refractivity contribution < 1.29 is 36.2 Å². The summed E-state index contributed by atoms with van der Waals surface area (Å²) in [6.07, 6.45) is -6.67. The largest absolute Gasteiger partial charge is 0.416 e. The van der Waals surface area contributed by atoms with E-state index < -0.39 is 29.6 Å². The SMILES string of the molecule is CC(=O)c1cccc(-c2cc(C(F)(F)F)cc3ncn(-c4ccccc4)c23)c1.CC(O)c1cccc(-c2cc(C(F)(F)F)cc3ncn(-c4ccccc4)c23)c1. The molecule has 6 aromatic carbocycles. The number of hydrogen-bond acceptors (Lipinski definition) is 4. The molecular formula is C44H32F6N4O2. The number of hydrogen-bond donors (Lipinski definition) is 1. The van der Waals surface area contributed by atoms with Gasteiger partial charge in [-0.05, 0) is 91.2 Å². The molecule has 0 aliphatic carbocycles. The van der Waals surface area contributed by atoms with E-state index in [0.29, 0.717) is 44.4 Å². The van der Waals surface area contributed by atoms with Crippen molar-refractivity contribution in [3.8, 4) is 33.6 Å². The second-order valence-corrected chi connectivity index (χ2v) is 13.1. The quantitative estimate of drug-likeness (QED) is 0.135. The molecule has 0 bridgehead atoms. The summed E-state index contributed by atoms with van der Waals surface area (Å²) in [5.41, 5.74) is 4.67. The maximum atomic E-state index is 13.5. The summed E-state index contributed by atoms with van der Waals surface area (Å²) in [7, 11) is 0. The number of aromatic nitrogens is 4. The number of para-hydroxylation sites is 2. The van der Waals surface area contributed by atoms with Gasteiger partial charge in [-0.15, -0.1) is 0 Å². The van der Waals surface area contributed by atoms with Crippen LogP contribution in [-0.4, -0.2) is 30.0 Å². The third-order valence-electron chi connectivity index (χ3n) is 9.27. The maximum absolute atomic E-state index is 13.5. The molecule has 8 aromatic rings. The molecule has 1 N–H and O–H groups in total. The number of alkyl halides is 6. The fourth-order valence-corrected chi connectivity index (χ4v) is 6.50. The lowest BCUT2D eigenvalue weighted by molar-refractivity contribution is -0.138. The first-order valence-corrected chi connectivity index (χ1v) is 17.4. The molecule has 12 heteroatoms. The van der Waals surface area contributed by atoms with Crippen molar-refractivity contribution in [2.24, 2.45) is 0 Å². The molecule has 282 valence electrons. The number of ketones is 1. The highest BCUT2D eigenvalue weighted by Crippen LogP contribution is 2.40. The molecule has 0 fully saturated rings. The monoisotopic (exact) mass is 762 g/mol. The average Bonchev–Trinajstić information content (AvgIpc) is 3.83. The van der Waals surface area contributed by atoms with Crippen LogP contribution >= 0.6 is 0 Å². The van der Waals surface area contributed by atoms with E-state index in [9.17, 15) is 36.2 Å². The van der Waals surface area contributed by atoms with Crippen molar-refractivity contribution in [3.63, 3.8) is 0 Å². The van der Waals surface area contributed by atoms with Crippen molar-refractivity contribution in [3.05, 3.63) is 168 Å². The average molecular weight is 763 g/mol. The smallest absolute Gasteiger partial charge is 0.389 e. The number of Topliss-reactive ketones (excluding diaryl/α,β-unsaturated/α-hetero) is 1. The Balaban J connectivity index is 0.000000172. The minimum atomic E-state index is -4.50. The molecule has 1 atom stereocenters. The van der Waals surface area contributed by atoms with E-state index in [-0.39, 0.29) is 16.8 Å². The van der Waals surface area contributed by atoms with Gasteiger partial charge in [-0.25, -0.2) is 9.97 Å². The van der Waals surface area contributed by atoms with Crippen molar-refractivity contribution >= 4 is 27.9 Å². The predicted octanol–water partition coefficient (Wildman–Crippen LogP) is 11.7. The molecule has 0 aliphatic heterocycles. The Morgan fingerprint density at radius 3 is 1.46 bits per heavy atom. The van der Waals surface area contributed by atoms with Gasteiger partial charge in [0.1, 0.15) is 12.7 Å². The Hall–Kier alpha value is -6.53. The zero-order chi connectivity index (χ0) is 39.8. The fourth-order valence-electron chi connectivity index (χ4n) is 6.50. The van der Waals surface area contributed by atoms with Gasteiger partial charge >= 0.3 is 12.4 Å². The lowest BCUT2D eigenvalue weighted by Crippen LogP contribution is -2.06. The molecule has 0 amide bonds. The molecule has 2 aromatic heterocycles. The first-order valence-electron chi connectivity index (χ1n) is 17.4. The van der Waals surface area contributed by atoms with Crippen LogP contribution in [-0.2, 0) is 12.4 Å². The summed E-state index contributed by atoms with van der Waals surface area (Å²) in [6, 6.07) is 36.5. The van der Waals surface area contributed by atoms with E-state index >= 15 is 0 Å². The number of carbonyl (C=O) groups is 1. The van der Waals surface area contributed by atoms with Crippen molar-refractivity contribution in [1.29, 1.82) is 0 Å². The number of halogens is 6. The molecule has 6 nitrogen and oxygen atoms in total. The Bertz CT molecular complexity index is 2680. The van der Waals surface area contributed by atoms with E-state index in [1.165, 1.54) is 19.6 Å². The molecular weight excluding hydrogens is 730 g/mol. The van der Waals surface area contributed by atoms with Gasteiger partial charge in [-0.2, -0.15) is 26.3 Å². The molecule has 1 unspecified atom stereocenters. The van der Waals surface area contributed by atoms with E-state index in [1.54, 1.807) is 64.6 Å². The maximum Gasteiger partial charge on any atom is 0.416 e. The number of benzene rings is 6. The Morgan fingerprint density at radius 1 is 0.589 bits per heavy atom. The second kappa shape index (κ2) is 15.0. The summed E-state index contributed by atoms with van der Waals surface area (Å²) in [5, 5.41) is 9.89.